The quantitative estimate of drug-likeness (QED) is 0.0864. The molecule has 7 nitrogen and oxygen atoms in total. The van der Waals surface area contributed by atoms with E-state index >= 15 is 0 Å². The lowest BCUT2D eigenvalue weighted by atomic mass is 9.85. The first-order valence-electron chi connectivity index (χ1n) is 16.6. The number of carbonyl (C=O) groups is 1. The molecule has 1 unspecified atom stereocenters. The number of esters is 1. The summed E-state index contributed by atoms with van der Waals surface area (Å²) in [6.45, 7) is 3.40. The first kappa shape index (κ1) is 35.2. The second-order valence-corrected chi connectivity index (χ2v) is 12.3. The number of aliphatic hydroxyl groups is 3. The van der Waals surface area contributed by atoms with Crippen LogP contribution in [0.5, 0.6) is 0 Å². The van der Waals surface area contributed by atoms with Gasteiger partial charge in [-0.05, 0) is 57.4 Å². The summed E-state index contributed by atoms with van der Waals surface area (Å²) in [4.78, 5) is 11.6. The van der Waals surface area contributed by atoms with Crippen molar-refractivity contribution < 1.29 is 34.3 Å². The Morgan fingerprint density at radius 2 is 1.27 bits per heavy atom. The van der Waals surface area contributed by atoms with Gasteiger partial charge in [0, 0.05) is 5.57 Å². The molecule has 2 aliphatic rings. The van der Waals surface area contributed by atoms with Crippen molar-refractivity contribution in [2.45, 2.75) is 160 Å². The van der Waals surface area contributed by atoms with Gasteiger partial charge in [0.25, 0.3) is 0 Å². The molecule has 0 saturated heterocycles. The van der Waals surface area contributed by atoms with Crippen molar-refractivity contribution in [1.82, 2.24) is 0 Å². The van der Waals surface area contributed by atoms with E-state index < -0.39 is 12.2 Å². The van der Waals surface area contributed by atoms with Crippen molar-refractivity contribution in [1.29, 1.82) is 0 Å². The molecule has 0 bridgehead atoms. The average Bonchev–Trinajstić information content (AvgIpc) is 3.27. The summed E-state index contributed by atoms with van der Waals surface area (Å²) < 4.78 is 16.2. The SMILES string of the molecule is C[C@H]1C=C(CCCCCCCC(O)CCCC[C@H](O)COCCOC[C@@H](O)CCCCC2CCCCC2)C(=O)O1. The highest BCUT2D eigenvalue weighted by molar-refractivity contribution is 5.90. The minimum atomic E-state index is -0.489. The van der Waals surface area contributed by atoms with Gasteiger partial charge in [0.1, 0.15) is 6.10 Å². The molecule has 1 fully saturated rings. The minimum absolute atomic E-state index is 0.0771. The Labute approximate surface area is 244 Å². The fourth-order valence-electron chi connectivity index (χ4n) is 5.96. The number of unbranched alkanes of at least 4 members (excludes halogenated alkanes) is 6. The van der Waals surface area contributed by atoms with Gasteiger partial charge in [-0.25, -0.2) is 4.79 Å². The Hall–Kier alpha value is -0.990. The molecule has 0 radical (unpaired) electrons. The zero-order valence-corrected chi connectivity index (χ0v) is 25.4. The van der Waals surface area contributed by atoms with Crippen LogP contribution in [0.15, 0.2) is 11.6 Å². The van der Waals surface area contributed by atoms with Gasteiger partial charge in [0.15, 0.2) is 0 Å². The third-order valence-electron chi connectivity index (χ3n) is 8.42. The highest BCUT2D eigenvalue weighted by Crippen LogP contribution is 2.28. The van der Waals surface area contributed by atoms with Crippen LogP contribution in [0.25, 0.3) is 0 Å². The predicted molar refractivity (Wildman–Crippen MR) is 159 cm³/mol. The summed E-state index contributed by atoms with van der Waals surface area (Å²) in [5.74, 6) is 0.760. The van der Waals surface area contributed by atoms with Crippen LogP contribution >= 0.6 is 0 Å². The molecule has 1 aliphatic carbocycles. The van der Waals surface area contributed by atoms with Gasteiger partial charge in [-0.2, -0.15) is 0 Å². The Morgan fingerprint density at radius 1 is 0.750 bits per heavy atom. The van der Waals surface area contributed by atoms with E-state index in [0.29, 0.717) is 32.8 Å². The molecule has 3 N–H and O–H groups in total. The molecule has 0 amide bonds. The number of carbonyl (C=O) groups excluding carboxylic acids is 1. The summed E-state index contributed by atoms with van der Waals surface area (Å²) in [7, 11) is 0. The summed E-state index contributed by atoms with van der Waals surface area (Å²) in [6, 6.07) is 0. The maximum atomic E-state index is 11.6. The third kappa shape index (κ3) is 17.7. The molecular formula is C33H60O7. The number of aliphatic hydroxyl groups excluding tert-OH is 3. The molecule has 0 aromatic carbocycles. The second kappa shape index (κ2) is 22.6. The maximum Gasteiger partial charge on any atom is 0.334 e. The highest BCUT2D eigenvalue weighted by Gasteiger charge is 2.21. The lowest BCUT2D eigenvalue weighted by molar-refractivity contribution is -0.139. The molecule has 0 aromatic heterocycles. The van der Waals surface area contributed by atoms with Gasteiger partial charge in [-0.1, -0.05) is 89.9 Å². The fraction of sp³-hybridized carbons (Fsp3) is 0.909. The average molecular weight is 569 g/mol. The summed E-state index contributed by atoms with van der Waals surface area (Å²) in [6.07, 6.45) is 22.3. The van der Waals surface area contributed by atoms with Crippen LogP contribution in [0.2, 0.25) is 0 Å². The number of hydrogen-bond donors (Lipinski definition) is 3. The number of hydrogen-bond acceptors (Lipinski definition) is 7. The molecule has 0 spiro atoms. The zero-order valence-electron chi connectivity index (χ0n) is 25.4. The molecule has 234 valence electrons. The Morgan fingerprint density at radius 3 is 1.88 bits per heavy atom. The van der Waals surface area contributed by atoms with E-state index in [4.69, 9.17) is 14.2 Å². The lowest BCUT2D eigenvalue weighted by Gasteiger charge is -2.21. The molecule has 1 saturated carbocycles. The maximum absolute atomic E-state index is 11.6. The topological polar surface area (TPSA) is 105 Å². The Bertz CT molecular complexity index is 661. The van der Waals surface area contributed by atoms with Gasteiger partial charge in [-0.3, -0.25) is 0 Å². The third-order valence-corrected chi connectivity index (χ3v) is 8.42. The van der Waals surface area contributed by atoms with E-state index in [0.717, 1.165) is 88.5 Å². The van der Waals surface area contributed by atoms with Crippen LogP contribution in [0.3, 0.4) is 0 Å². The van der Waals surface area contributed by atoms with Gasteiger partial charge >= 0.3 is 5.97 Å². The second-order valence-electron chi connectivity index (χ2n) is 12.3. The van der Waals surface area contributed by atoms with Gasteiger partial charge < -0.3 is 29.5 Å². The van der Waals surface area contributed by atoms with E-state index in [-0.39, 0.29) is 18.2 Å². The number of cyclic esters (lactones) is 1. The summed E-state index contributed by atoms with van der Waals surface area (Å²) >= 11 is 0. The largest absolute Gasteiger partial charge is 0.455 e. The van der Waals surface area contributed by atoms with Crippen LogP contribution in [0.4, 0.5) is 0 Å². The van der Waals surface area contributed by atoms with Crippen molar-refractivity contribution in [3.05, 3.63) is 11.6 Å². The van der Waals surface area contributed by atoms with Gasteiger partial charge in [0.05, 0.1) is 44.7 Å². The standard InChI is InChI=1S/C33H60O7/c1-27-24-29(33(37)40-27)17-8-3-2-4-9-18-30(34)19-12-13-21-32(36)26-39-23-22-38-25-31(35)20-11-10-16-28-14-6-5-7-15-28/h24,27-28,30-32,34-36H,2-23,25-26H2,1H3/t27-,30?,31-,32-/m0/s1. The smallest absolute Gasteiger partial charge is 0.334 e. The molecule has 4 atom stereocenters. The van der Waals surface area contributed by atoms with Crippen molar-refractivity contribution in [3.8, 4) is 0 Å². The minimum Gasteiger partial charge on any atom is -0.455 e. The van der Waals surface area contributed by atoms with Crippen LogP contribution in [-0.2, 0) is 19.0 Å². The van der Waals surface area contributed by atoms with Crippen molar-refractivity contribution in [3.63, 3.8) is 0 Å². The van der Waals surface area contributed by atoms with E-state index in [9.17, 15) is 20.1 Å². The van der Waals surface area contributed by atoms with E-state index in [2.05, 4.69) is 0 Å². The van der Waals surface area contributed by atoms with Crippen LogP contribution in [0, 0.1) is 5.92 Å². The predicted octanol–water partition coefficient (Wildman–Crippen LogP) is 6.41. The van der Waals surface area contributed by atoms with Crippen molar-refractivity contribution in [2.24, 2.45) is 5.92 Å². The Balaban J connectivity index is 1.29. The van der Waals surface area contributed by atoms with Crippen LogP contribution < -0.4 is 0 Å². The Kier molecular flexibility index (Phi) is 19.9. The van der Waals surface area contributed by atoms with E-state index in [1.165, 1.54) is 44.9 Å². The van der Waals surface area contributed by atoms with Gasteiger partial charge in [0.2, 0.25) is 0 Å². The van der Waals surface area contributed by atoms with E-state index in [1.54, 1.807) is 0 Å². The lowest BCUT2D eigenvalue weighted by Crippen LogP contribution is -2.20. The molecule has 1 aliphatic heterocycles. The van der Waals surface area contributed by atoms with Gasteiger partial charge in [-0.15, -0.1) is 0 Å². The van der Waals surface area contributed by atoms with Crippen molar-refractivity contribution >= 4 is 5.97 Å². The molecule has 0 aromatic rings. The van der Waals surface area contributed by atoms with Crippen molar-refractivity contribution in [2.75, 3.05) is 26.4 Å². The first-order chi connectivity index (χ1) is 19.4. The molecule has 7 heteroatoms. The fourth-order valence-corrected chi connectivity index (χ4v) is 5.96. The monoisotopic (exact) mass is 568 g/mol. The number of ether oxygens (including phenoxy) is 3. The van der Waals surface area contributed by atoms with E-state index in [1.807, 2.05) is 13.0 Å². The van der Waals surface area contributed by atoms with Crippen LogP contribution in [0.1, 0.15) is 135 Å². The molecular weight excluding hydrogens is 508 g/mol. The highest BCUT2D eigenvalue weighted by atomic mass is 16.5. The number of rotatable bonds is 25. The summed E-state index contributed by atoms with van der Waals surface area (Å²) in [5, 5.41) is 30.4. The first-order valence-corrected chi connectivity index (χ1v) is 16.6. The zero-order chi connectivity index (χ0) is 28.8. The summed E-state index contributed by atoms with van der Waals surface area (Å²) in [5.41, 5.74) is 0.824. The van der Waals surface area contributed by atoms with Crippen LogP contribution in [-0.4, -0.2) is 72.1 Å². The normalized spacial score (nSPS) is 20.4. The molecule has 2 rings (SSSR count). The molecule has 1 heterocycles. The molecule has 40 heavy (non-hydrogen) atoms.